The number of alkyl halides is 3. The van der Waals surface area contributed by atoms with Crippen molar-refractivity contribution < 1.29 is 9.63 Å². The minimum Gasteiger partial charge on any atom is -0.313 e. The van der Waals surface area contributed by atoms with Crippen molar-refractivity contribution in [1.82, 2.24) is 0 Å². The van der Waals surface area contributed by atoms with Crippen LogP contribution in [0.15, 0.2) is 17.3 Å². The number of carbonyl (C=O) groups excluding carboxylic acids is 1. The first kappa shape index (κ1) is 12.8. The summed E-state index contributed by atoms with van der Waals surface area (Å²) >= 11 is 16.3. The van der Waals surface area contributed by atoms with Crippen LogP contribution < -0.4 is 0 Å². The van der Waals surface area contributed by atoms with Crippen LogP contribution in [0.25, 0.3) is 0 Å². The fraction of sp³-hybridized carbons (Fsp3) is 0.429. The standard InChI is InChI=1S/C7H8Cl3NO2/c1-4(2)7(12)13-11-5(3-8)6(9)10/h6H,1,3H2,2H3. The molecule has 0 saturated heterocycles. The number of hydrogen-bond acceptors (Lipinski definition) is 3. The van der Waals surface area contributed by atoms with Crippen LogP contribution in [0.4, 0.5) is 0 Å². The van der Waals surface area contributed by atoms with Gasteiger partial charge in [0.25, 0.3) is 0 Å². The monoisotopic (exact) mass is 243 g/mol. The molecule has 6 heteroatoms. The van der Waals surface area contributed by atoms with Crippen molar-refractivity contribution in [1.29, 1.82) is 0 Å². The zero-order valence-electron chi connectivity index (χ0n) is 6.89. The van der Waals surface area contributed by atoms with Gasteiger partial charge >= 0.3 is 5.97 Å². The first-order chi connectivity index (χ1) is 5.99. The second kappa shape index (κ2) is 6.24. The fourth-order valence-corrected chi connectivity index (χ4v) is 0.896. The molecule has 0 aliphatic rings. The van der Waals surface area contributed by atoms with Gasteiger partial charge in [0.1, 0.15) is 10.5 Å². The second-order valence-corrected chi connectivity index (χ2v) is 3.54. The molecule has 0 amide bonds. The largest absolute Gasteiger partial charge is 0.360 e. The predicted molar refractivity (Wildman–Crippen MR) is 54.6 cm³/mol. The molecule has 0 heterocycles. The molecule has 0 fully saturated rings. The van der Waals surface area contributed by atoms with Gasteiger partial charge in [0.2, 0.25) is 0 Å². The Bertz CT molecular complexity index is 238. The van der Waals surface area contributed by atoms with Gasteiger partial charge in [-0.3, -0.25) is 0 Å². The lowest BCUT2D eigenvalue weighted by Crippen LogP contribution is -2.12. The Labute approximate surface area is 91.3 Å². The average molecular weight is 245 g/mol. The number of hydrogen-bond donors (Lipinski definition) is 0. The first-order valence-electron chi connectivity index (χ1n) is 3.26. The molecule has 0 unspecified atom stereocenters. The lowest BCUT2D eigenvalue weighted by Gasteiger charge is -2.01. The van der Waals surface area contributed by atoms with Gasteiger partial charge in [0.15, 0.2) is 0 Å². The summed E-state index contributed by atoms with van der Waals surface area (Å²) in [5.41, 5.74) is 0.415. The summed E-state index contributed by atoms with van der Waals surface area (Å²) in [5.74, 6) is -0.641. The molecule has 0 spiro atoms. The number of halogens is 3. The number of oxime groups is 1. The molecule has 0 aromatic heterocycles. The first-order valence-corrected chi connectivity index (χ1v) is 4.67. The third-order valence-electron chi connectivity index (χ3n) is 0.983. The highest BCUT2D eigenvalue weighted by Gasteiger charge is 2.10. The topological polar surface area (TPSA) is 38.7 Å². The van der Waals surface area contributed by atoms with Crippen molar-refractivity contribution in [2.24, 2.45) is 5.16 Å². The summed E-state index contributed by atoms with van der Waals surface area (Å²) in [4.78, 5) is 14.4. The molecule has 0 radical (unpaired) electrons. The number of nitrogens with zero attached hydrogens (tertiary/aromatic N) is 1. The van der Waals surface area contributed by atoms with E-state index in [9.17, 15) is 4.79 Å². The molecule has 0 rings (SSSR count). The number of carbonyl (C=O) groups is 1. The summed E-state index contributed by atoms with van der Waals surface area (Å²) in [6.45, 7) is 4.86. The van der Waals surface area contributed by atoms with Crippen molar-refractivity contribution in [2.75, 3.05) is 5.88 Å². The molecule has 3 nitrogen and oxygen atoms in total. The third kappa shape index (κ3) is 5.13. The van der Waals surface area contributed by atoms with Gasteiger partial charge in [0.05, 0.1) is 5.88 Å². The van der Waals surface area contributed by atoms with E-state index in [4.69, 9.17) is 34.8 Å². The molecule has 0 atom stereocenters. The quantitative estimate of drug-likeness (QED) is 0.251. The van der Waals surface area contributed by atoms with E-state index in [1.807, 2.05) is 0 Å². The Morgan fingerprint density at radius 1 is 1.62 bits per heavy atom. The highest BCUT2D eigenvalue weighted by atomic mass is 35.5. The van der Waals surface area contributed by atoms with E-state index in [1.165, 1.54) is 6.92 Å². The van der Waals surface area contributed by atoms with Crippen molar-refractivity contribution in [2.45, 2.75) is 11.8 Å². The van der Waals surface area contributed by atoms with Gasteiger partial charge in [-0.05, 0) is 6.92 Å². The van der Waals surface area contributed by atoms with Gasteiger partial charge in [-0.15, -0.1) is 11.6 Å². The fourth-order valence-electron chi connectivity index (χ4n) is 0.301. The van der Waals surface area contributed by atoms with Crippen molar-refractivity contribution in [3.05, 3.63) is 12.2 Å². The molecule has 0 aliphatic heterocycles. The molecule has 0 saturated carbocycles. The zero-order chi connectivity index (χ0) is 10.4. The minimum atomic E-state index is -0.879. The Morgan fingerprint density at radius 2 is 2.15 bits per heavy atom. The van der Waals surface area contributed by atoms with Crippen LogP contribution in [-0.2, 0) is 9.63 Å². The SMILES string of the molecule is C=C(C)C(=O)ON=C(CCl)C(Cl)Cl. The zero-order valence-corrected chi connectivity index (χ0v) is 9.16. The van der Waals surface area contributed by atoms with E-state index in [-0.39, 0.29) is 17.2 Å². The van der Waals surface area contributed by atoms with Gasteiger partial charge in [-0.2, -0.15) is 0 Å². The average Bonchev–Trinajstić information content (AvgIpc) is 2.04. The maximum absolute atomic E-state index is 10.8. The van der Waals surface area contributed by atoms with Gasteiger partial charge in [0, 0.05) is 5.57 Å². The molecule has 13 heavy (non-hydrogen) atoms. The lowest BCUT2D eigenvalue weighted by atomic mass is 10.4. The molecular formula is C7H8Cl3NO2. The smallest absolute Gasteiger partial charge is 0.313 e. The Hall–Kier alpha value is -0.250. The van der Waals surface area contributed by atoms with Gasteiger partial charge in [-0.1, -0.05) is 34.9 Å². The van der Waals surface area contributed by atoms with Crippen LogP contribution in [0.3, 0.4) is 0 Å². The van der Waals surface area contributed by atoms with Crippen LogP contribution in [0, 0.1) is 0 Å². The third-order valence-corrected chi connectivity index (χ3v) is 1.76. The van der Waals surface area contributed by atoms with E-state index in [2.05, 4.69) is 16.6 Å². The van der Waals surface area contributed by atoms with Crippen molar-refractivity contribution in [3.63, 3.8) is 0 Å². The van der Waals surface area contributed by atoms with Gasteiger partial charge < -0.3 is 4.84 Å². The van der Waals surface area contributed by atoms with E-state index in [0.717, 1.165) is 0 Å². The van der Waals surface area contributed by atoms with Crippen LogP contribution >= 0.6 is 34.8 Å². The molecule has 0 N–H and O–H groups in total. The van der Waals surface area contributed by atoms with Crippen molar-refractivity contribution >= 4 is 46.5 Å². The lowest BCUT2D eigenvalue weighted by molar-refractivity contribution is -0.138. The Kier molecular flexibility index (Phi) is 6.12. The molecule has 0 aliphatic carbocycles. The van der Waals surface area contributed by atoms with Gasteiger partial charge in [-0.25, -0.2) is 4.79 Å². The summed E-state index contributed by atoms with van der Waals surface area (Å²) in [7, 11) is 0. The van der Waals surface area contributed by atoms with E-state index in [0.29, 0.717) is 0 Å². The van der Waals surface area contributed by atoms with Crippen molar-refractivity contribution in [3.8, 4) is 0 Å². The summed E-state index contributed by atoms with van der Waals surface area (Å²) in [5, 5.41) is 3.37. The second-order valence-electron chi connectivity index (χ2n) is 2.18. The summed E-state index contributed by atoms with van der Waals surface area (Å²) < 4.78 is 0. The van der Waals surface area contributed by atoms with E-state index in [1.54, 1.807) is 0 Å². The molecular weight excluding hydrogens is 236 g/mol. The van der Waals surface area contributed by atoms with Crippen LogP contribution in [-0.4, -0.2) is 22.4 Å². The summed E-state index contributed by atoms with van der Waals surface area (Å²) in [6, 6.07) is 0. The van der Waals surface area contributed by atoms with E-state index < -0.39 is 10.8 Å². The minimum absolute atomic E-state index is 0.00113. The van der Waals surface area contributed by atoms with Crippen LogP contribution in [0.1, 0.15) is 6.92 Å². The highest BCUT2D eigenvalue weighted by molar-refractivity contribution is 6.56. The maximum Gasteiger partial charge on any atom is 0.360 e. The molecule has 0 bridgehead atoms. The van der Waals surface area contributed by atoms with Crippen LogP contribution in [0.5, 0.6) is 0 Å². The van der Waals surface area contributed by atoms with Crippen LogP contribution in [0.2, 0.25) is 0 Å². The molecule has 0 aromatic rings. The molecule has 0 aromatic carbocycles. The summed E-state index contributed by atoms with van der Waals surface area (Å²) in [6.07, 6.45) is 0. The van der Waals surface area contributed by atoms with E-state index >= 15 is 0 Å². The normalized spacial score (nSPS) is 11.6. The highest BCUT2D eigenvalue weighted by Crippen LogP contribution is 2.07. The predicted octanol–water partition coefficient (Wildman–Crippen LogP) is 2.50. The Morgan fingerprint density at radius 3 is 2.46 bits per heavy atom. The number of rotatable bonds is 4. The maximum atomic E-state index is 10.8. The Balaban J connectivity index is 4.23. The molecule has 74 valence electrons.